The molecule has 0 aromatic carbocycles. The molecule has 78 valence electrons. The van der Waals surface area contributed by atoms with Crippen molar-refractivity contribution in [2.45, 2.75) is 13.8 Å². The molecule has 0 atom stereocenters. The van der Waals surface area contributed by atoms with Gasteiger partial charge in [0, 0.05) is 6.08 Å². The Labute approximate surface area is 138 Å². The number of esters is 1. The Hall–Kier alpha value is 0.220. The summed E-state index contributed by atoms with van der Waals surface area (Å²) in [6, 6.07) is 0. The fraction of sp³-hybridized carbons (Fsp3) is 0.333. The number of hydrogen-bond donors (Lipinski definition) is 0. The van der Waals surface area contributed by atoms with Gasteiger partial charge >= 0.3 is 65.1 Å². The van der Waals surface area contributed by atoms with Crippen LogP contribution in [0.25, 0.3) is 0 Å². The smallest absolute Gasteiger partial charge is 0.873 e. The molecule has 0 bridgehead atoms. The number of hydrogen-bond acceptors (Lipinski definition) is 5. The van der Waals surface area contributed by atoms with Gasteiger partial charge in [0.15, 0.2) is 5.78 Å². The number of ketones is 1. The largest absolute Gasteiger partial charge is 1.00 e. The van der Waals surface area contributed by atoms with Crippen molar-refractivity contribution in [3.63, 3.8) is 0 Å². The zero-order chi connectivity index (χ0) is 11.1. The van der Waals surface area contributed by atoms with E-state index in [-0.39, 0.29) is 65.7 Å². The maximum Gasteiger partial charge on any atom is 1.00 e. The third kappa shape index (κ3) is 10.7. The summed E-state index contributed by atoms with van der Waals surface area (Å²) in [6.07, 6.45) is 1.14. The van der Waals surface area contributed by atoms with Crippen LogP contribution in [-0.2, 0) is 14.3 Å². The Morgan fingerprint density at radius 2 is 1.56 bits per heavy atom. The average molecular weight is 244 g/mol. The SMILES string of the molecule is CCOC(=O)C=C([O-])C([O-])=CC(C)=O.[Na+].[Na+]. The Kier molecular flexibility index (Phi) is 15.7. The topological polar surface area (TPSA) is 89.5 Å². The first-order valence-electron chi connectivity index (χ1n) is 3.92. The van der Waals surface area contributed by atoms with E-state index in [9.17, 15) is 19.8 Å². The van der Waals surface area contributed by atoms with Crippen LogP contribution in [0.15, 0.2) is 23.7 Å². The van der Waals surface area contributed by atoms with Gasteiger partial charge in [-0.3, -0.25) is 4.79 Å². The van der Waals surface area contributed by atoms with Crippen molar-refractivity contribution in [2.75, 3.05) is 6.61 Å². The zero-order valence-electron chi connectivity index (χ0n) is 9.90. The summed E-state index contributed by atoms with van der Waals surface area (Å²) in [5.41, 5.74) is 0. The molecule has 0 aliphatic rings. The summed E-state index contributed by atoms with van der Waals surface area (Å²) >= 11 is 0. The number of carbonyl (C=O) groups excluding carboxylic acids is 2. The van der Waals surface area contributed by atoms with E-state index in [4.69, 9.17) is 0 Å². The van der Waals surface area contributed by atoms with Crippen molar-refractivity contribution in [1.29, 1.82) is 0 Å². The number of ether oxygens (including phenoxy) is 1. The first-order chi connectivity index (χ1) is 6.47. The monoisotopic (exact) mass is 244 g/mol. The second-order valence-corrected chi connectivity index (χ2v) is 2.38. The van der Waals surface area contributed by atoms with E-state index in [1.54, 1.807) is 6.92 Å². The summed E-state index contributed by atoms with van der Waals surface area (Å²) in [5, 5.41) is 21.7. The normalized spacial score (nSPS) is 10.9. The van der Waals surface area contributed by atoms with E-state index in [1.807, 2.05) is 0 Å². The molecule has 0 aromatic heterocycles. The molecule has 0 unspecified atom stereocenters. The predicted molar refractivity (Wildman–Crippen MR) is 43.5 cm³/mol. The molecule has 16 heavy (non-hydrogen) atoms. The molecule has 0 spiro atoms. The Balaban J connectivity index is -0.000000845. The van der Waals surface area contributed by atoms with Crippen LogP contribution in [0.3, 0.4) is 0 Å². The van der Waals surface area contributed by atoms with Gasteiger partial charge in [-0.2, -0.15) is 0 Å². The summed E-state index contributed by atoms with van der Waals surface area (Å²) in [6.45, 7) is 2.82. The minimum atomic E-state index is -1.06. The van der Waals surface area contributed by atoms with Gasteiger partial charge in [0.2, 0.25) is 0 Å². The third-order valence-electron chi connectivity index (χ3n) is 1.11. The van der Waals surface area contributed by atoms with Gasteiger partial charge in [0.05, 0.1) is 6.61 Å². The van der Waals surface area contributed by atoms with E-state index in [2.05, 4.69) is 4.74 Å². The fourth-order valence-corrected chi connectivity index (χ4v) is 0.618. The third-order valence-corrected chi connectivity index (χ3v) is 1.11. The van der Waals surface area contributed by atoms with Crippen molar-refractivity contribution in [3.8, 4) is 0 Å². The molecule has 0 aromatic rings. The maximum atomic E-state index is 10.9. The number of carbonyl (C=O) groups is 2. The van der Waals surface area contributed by atoms with Gasteiger partial charge in [-0.15, -0.1) is 11.5 Å². The van der Waals surface area contributed by atoms with Crippen LogP contribution in [-0.4, -0.2) is 18.4 Å². The first kappa shape index (κ1) is 21.5. The van der Waals surface area contributed by atoms with Gasteiger partial charge in [-0.1, -0.05) is 0 Å². The second-order valence-electron chi connectivity index (χ2n) is 2.38. The molecule has 0 amide bonds. The van der Waals surface area contributed by atoms with Crippen LogP contribution in [0.1, 0.15) is 13.8 Å². The van der Waals surface area contributed by atoms with E-state index in [0.717, 1.165) is 6.92 Å². The molecule has 0 saturated heterocycles. The van der Waals surface area contributed by atoms with Crippen LogP contribution >= 0.6 is 0 Å². The van der Waals surface area contributed by atoms with Crippen molar-refractivity contribution < 1.29 is 83.7 Å². The summed E-state index contributed by atoms with van der Waals surface area (Å²) in [4.78, 5) is 21.1. The summed E-state index contributed by atoms with van der Waals surface area (Å²) in [7, 11) is 0. The molecule has 0 rings (SSSR count). The molecule has 5 nitrogen and oxygen atoms in total. The summed E-state index contributed by atoms with van der Waals surface area (Å²) in [5.74, 6) is -3.51. The van der Waals surface area contributed by atoms with E-state index >= 15 is 0 Å². The number of rotatable bonds is 4. The molecule has 0 fully saturated rings. The van der Waals surface area contributed by atoms with Crippen molar-refractivity contribution >= 4 is 11.8 Å². The van der Waals surface area contributed by atoms with Crippen molar-refractivity contribution in [3.05, 3.63) is 23.7 Å². The molecule has 0 N–H and O–H groups in total. The van der Waals surface area contributed by atoms with Crippen molar-refractivity contribution in [2.24, 2.45) is 0 Å². The molecule has 0 aliphatic heterocycles. The van der Waals surface area contributed by atoms with E-state index < -0.39 is 23.3 Å². The van der Waals surface area contributed by atoms with E-state index in [0.29, 0.717) is 12.2 Å². The molecular weight excluding hydrogens is 234 g/mol. The summed E-state index contributed by atoms with van der Waals surface area (Å²) < 4.78 is 4.40. The van der Waals surface area contributed by atoms with Gasteiger partial charge in [0.25, 0.3) is 0 Å². The predicted octanol–water partition coefficient (Wildman–Crippen LogP) is -7.37. The Morgan fingerprint density at radius 3 is 1.94 bits per heavy atom. The fourth-order valence-electron chi connectivity index (χ4n) is 0.618. The molecule has 0 saturated carbocycles. The van der Waals surface area contributed by atoms with Crippen molar-refractivity contribution in [1.82, 2.24) is 0 Å². The van der Waals surface area contributed by atoms with Gasteiger partial charge in [-0.25, -0.2) is 4.79 Å². The number of allylic oxidation sites excluding steroid dienone is 1. The average Bonchev–Trinajstić information content (AvgIpc) is 2.02. The molecule has 0 heterocycles. The molecule has 0 aliphatic carbocycles. The first-order valence-corrected chi connectivity index (χ1v) is 3.92. The molecule has 0 radical (unpaired) electrons. The van der Waals surface area contributed by atoms with Crippen LogP contribution in [0.4, 0.5) is 0 Å². The second kappa shape index (κ2) is 11.7. The molecular formula is C9H10Na2O5. The van der Waals surface area contributed by atoms with Crippen LogP contribution < -0.4 is 69.3 Å². The Bertz CT molecular complexity index is 296. The minimum absolute atomic E-state index is 0. The van der Waals surface area contributed by atoms with Crippen LogP contribution in [0.5, 0.6) is 0 Å². The van der Waals surface area contributed by atoms with E-state index in [1.165, 1.54) is 0 Å². The van der Waals surface area contributed by atoms with Crippen LogP contribution in [0.2, 0.25) is 0 Å². The standard InChI is InChI=1S/C9H12O5.2Na/c1-3-14-9(13)5-8(12)7(11)4-6(2)10;;/h4-5,11-12H,3H2,1-2H3;;/q;2*+1/p-2. The van der Waals surface area contributed by atoms with Gasteiger partial charge in [-0.05, 0) is 19.9 Å². The zero-order valence-corrected chi connectivity index (χ0v) is 13.9. The Morgan fingerprint density at radius 1 is 1.12 bits per heavy atom. The minimum Gasteiger partial charge on any atom is -0.873 e. The quantitative estimate of drug-likeness (QED) is 0.161. The molecule has 7 heteroatoms. The van der Waals surface area contributed by atoms with Gasteiger partial charge < -0.3 is 14.9 Å². The maximum absolute atomic E-state index is 10.9. The van der Waals surface area contributed by atoms with Crippen LogP contribution in [0, 0.1) is 0 Å². The van der Waals surface area contributed by atoms with Gasteiger partial charge in [0.1, 0.15) is 0 Å².